The van der Waals surface area contributed by atoms with Crippen molar-refractivity contribution in [2.75, 3.05) is 27.9 Å². The van der Waals surface area contributed by atoms with E-state index in [0.717, 1.165) is 22.3 Å². The summed E-state index contributed by atoms with van der Waals surface area (Å²) < 4.78 is 15.7. The van der Waals surface area contributed by atoms with Crippen LogP contribution in [0.2, 0.25) is 0 Å². The highest BCUT2D eigenvalue weighted by Gasteiger charge is 2.43. The Morgan fingerprint density at radius 2 is 1.62 bits per heavy atom. The molecule has 2 aromatic rings. The highest BCUT2D eigenvalue weighted by molar-refractivity contribution is 5.54. The second-order valence-corrected chi connectivity index (χ2v) is 6.97. The van der Waals surface area contributed by atoms with Gasteiger partial charge in [0, 0.05) is 18.4 Å². The topological polar surface area (TPSA) is 71.0 Å². The Morgan fingerprint density at radius 3 is 2.27 bits per heavy atom. The molecule has 2 aliphatic rings. The van der Waals surface area contributed by atoms with Crippen LogP contribution < -0.4 is 14.2 Å². The lowest BCUT2D eigenvalue weighted by Crippen LogP contribution is -2.52. The molecular weight excluding hydrogens is 334 g/mol. The van der Waals surface area contributed by atoms with E-state index < -0.39 is 0 Å². The van der Waals surface area contributed by atoms with Gasteiger partial charge in [-0.1, -0.05) is 6.07 Å². The number of phenolic OH excluding ortho intramolecular Hbond substituents is 1. The second-order valence-electron chi connectivity index (χ2n) is 6.97. The fraction of sp³-hybridized carbons (Fsp3) is 0.400. The molecule has 0 spiro atoms. The lowest BCUT2D eigenvalue weighted by Gasteiger charge is -2.54. The molecule has 2 aliphatic heterocycles. The minimum absolute atomic E-state index is 0.0944. The molecule has 6 nitrogen and oxygen atoms in total. The molecule has 0 unspecified atom stereocenters. The molecule has 6 heteroatoms. The van der Waals surface area contributed by atoms with Crippen LogP contribution in [0.5, 0.6) is 23.0 Å². The molecule has 2 aromatic carbocycles. The Hall–Kier alpha value is -2.44. The average Bonchev–Trinajstić information content (AvgIpc) is 2.65. The van der Waals surface area contributed by atoms with Crippen LogP contribution in [0, 0.1) is 5.21 Å². The second kappa shape index (κ2) is 6.07. The number of phenols is 1. The fourth-order valence-electron chi connectivity index (χ4n) is 4.34. The van der Waals surface area contributed by atoms with Gasteiger partial charge in [-0.15, -0.1) is 0 Å². The van der Waals surface area contributed by atoms with Gasteiger partial charge >= 0.3 is 0 Å². The van der Waals surface area contributed by atoms with Crippen molar-refractivity contribution in [2.45, 2.75) is 25.4 Å². The summed E-state index contributed by atoms with van der Waals surface area (Å²) in [5, 5.41) is 24.3. The molecule has 1 N–H and O–H groups in total. The quantitative estimate of drug-likeness (QED) is 0.675. The van der Waals surface area contributed by atoms with E-state index in [-0.39, 0.29) is 16.4 Å². The van der Waals surface area contributed by atoms with Gasteiger partial charge < -0.3 is 29.2 Å². The average molecular weight is 357 g/mol. The molecule has 0 bridgehead atoms. The number of nitrogens with zero attached hydrogens (tertiary/aromatic N) is 1. The third-order valence-electron chi connectivity index (χ3n) is 5.71. The Morgan fingerprint density at radius 1 is 0.962 bits per heavy atom. The lowest BCUT2D eigenvalue weighted by molar-refractivity contribution is -0.928. The third-order valence-corrected chi connectivity index (χ3v) is 5.71. The van der Waals surface area contributed by atoms with Crippen molar-refractivity contribution < 1.29 is 24.0 Å². The van der Waals surface area contributed by atoms with Crippen LogP contribution >= 0.6 is 0 Å². The first-order valence-electron chi connectivity index (χ1n) is 8.71. The van der Waals surface area contributed by atoms with Gasteiger partial charge in [-0.25, -0.2) is 0 Å². The number of quaternary nitrogens is 1. The molecule has 0 amide bonds. The molecule has 0 saturated heterocycles. The summed E-state index contributed by atoms with van der Waals surface area (Å²) in [5.74, 6) is 1.80. The molecule has 0 radical (unpaired) electrons. The summed E-state index contributed by atoms with van der Waals surface area (Å²) in [7, 11) is 4.73. The van der Waals surface area contributed by atoms with Crippen LogP contribution in [-0.2, 0) is 19.4 Å². The molecule has 26 heavy (non-hydrogen) atoms. The monoisotopic (exact) mass is 357 g/mol. The number of rotatable bonds is 3. The first kappa shape index (κ1) is 17.0. The zero-order chi connectivity index (χ0) is 18.5. The Bertz CT molecular complexity index is 866. The molecule has 138 valence electrons. The van der Waals surface area contributed by atoms with Gasteiger partial charge in [0.1, 0.15) is 12.6 Å². The van der Waals surface area contributed by atoms with Gasteiger partial charge in [-0.05, 0) is 29.3 Å². The van der Waals surface area contributed by atoms with E-state index in [0.29, 0.717) is 43.2 Å². The number of ether oxygens (including phenoxy) is 3. The Balaban J connectivity index is 1.84. The number of benzene rings is 2. The van der Waals surface area contributed by atoms with Crippen molar-refractivity contribution in [3.8, 4) is 23.0 Å². The molecule has 4 rings (SSSR count). The molecule has 2 heterocycles. The van der Waals surface area contributed by atoms with Gasteiger partial charge in [0.05, 0.1) is 33.4 Å². The molecular formula is C20H23NO5. The molecule has 0 aromatic heterocycles. The number of hydroxylamine groups is 3. The highest BCUT2D eigenvalue weighted by atomic mass is 16.5. The summed E-state index contributed by atoms with van der Waals surface area (Å²) in [6.45, 7) is 0.855. The first-order valence-corrected chi connectivity index (χ1v) is 8.71. The zero-order valence-corrected chi connectivity index (χ0v) is 15.2. The standard InChI is InChI=1S/C20H23NO5/c1-24-16-5-4-12-6-7-21(23)11-14-10-18(26-3)17(25-2)9-13(14)8-15(21)19(12)20(16)22/h4-5,9-10,15,22H,6-8,11H2,1-3H3/t15-,21+/m0/s1. The van der Waals surface area contributed by atoms with Gasteiger partial charge in [-0.3, -0.25) is 0 Å². The van der Waals surface area contributed by atoms with E-state index >= 15 is 0 Å². The summed E-state index contributed by atoms with van der Waals surface area (Å²) in [4.78, 5) is 0. The minimum atomic E-state index is -0.365. The minimum Gasteiger partial charge on any atom is -0.632 e. The predicted molar refractivity (Wildman–Crippen MR) is 96.6 cm³/mol. The first-order chi connectivity index (χ1) is 12.5. The normalized spacial score (nSPS) is 23.5. The molecule has 0 fully saturated rings. The number of hydrogen-bond acceptors (Lipinski definition) is 5. The molecule has 2 atom stereocenters. The summed E-state index contributed by atoms with van der Waals surface area (Å²) in [5.41, 5.74) is 3.81. The number of fused-ring (bicyclic) bond motifs is 4. The van der Waals surface area contributed by atoms with Crippen LogP contribution in [-0.4, -0.2) is 37.6 Å². The number of hydrogen-bond donors (Lipinski definition) is 1. The van der Waals surface area contributed by atoms with Crippen molar-refractivity contribution >= 4 is 0 Å². The van der Waals surface area contributed by atoms with Crippen molar-refractivity contribution in [3.63, 3.8) is 0 Å². The van der Waals surface area contributed by atoms with E-state index in [1.165, 1.54) is 7.11 Å². The maximum Gasteiger partial charge on any atom is 0.167 e. The summed E-state index contributed by atoms with van der Waals surface area (Å²) in [6, 6.07) is 7.23. The van der Waals surface area contributed by atoms with Gasteiger partial charge in [0.15, 0.2) is 23.0 Å². The zero-order valence-electron chi connectivity index (χ0n) is 15.2. The van der Waals surface area contributed by atoms with Crippen LogP contribution in [0.3, 0.4) is 0 Å². The largest absolute Gasteiger partial charge is 0.632 e. The van der Waals surface area contributed by atoms with Crippen molar-refractivity contribution in [2.24, 2.45) is 0 Å². The smallest absolute Gasteiger partial charge is 0.167 e. The lowest BCUT2D eigenvalue weighted by atomic mass is 9.82. The van der Waals surface area contributed by atoms with Crippen molar-refractivity contribution in [1.29, 1.82) is 0 Å². The van der Waals surface area contributed by atoms with Crippen LogP contribution in [0.25, 0.3) is 0 Å². The predicted octanol–water partition coefficient (Wildman–Crippen LogP) is 3.09. The Labute approximate surface area is 152 Å². The molecule has 0 aliphatic carbocycles. The van der Waals surface area contributed by atoms with E-state index in [1.54, 1.807) is 20.3 Å². The number of methoxy groups -OCH3 is 3. The van der Waals surface area contributed by atoms with Gasteiger partial charge in [0.2, 0.25) is 0 Å². The van der Waals surface area contributed by atoms with Crippen molar-refractivity contribution in [3.05, 3.63) is 51.7 Å². The summed E-state index contributed by atoms with van der Waals surface area (Å²) >= 11 is 0. The number of aromatic hydroxyl groups is 1. The van der Waals surface area contributed by atoms with E-state index in [1.807, 2.05) is 18.2 Å². The van der Waals surface area contributed by atoms with Crippen LogP contribution in [0.4, 0.5) is 0 Å². The van der Waals surface area contributed by atoms with Crippen LogP contribution in [0.15, 0.2) is 24.3 Å². The third kappa shape index (κ3) is 2.40. The highest BCUT2D eigenvalue weighted by Crippen LogP contribution is 2.50. The maximum absolute atomic E-state index is 13.6. The van der Waals surface area contributed by atoms with E-state index in [2.05, 4.69) is 0 Å². The van der Waals surface area contributed by atoms with Gasteiger partial charge in [-0.2, -0.15) is 0 Å². The van der Waals surface area contributed by atoms with Crippen molar-refractivity contribution in [1.82, 2.24) is 0 Å². The Kier molecular flexibility index (Phi) is 3.97. The van der Waals surface area contributed by atoms with E-state index in [4.69, 9.17) is 14.2 Å². The fourth-order valence-corrected chi connectivity index (χ4v) is 4.34. The SMILES string of the molecule is COc1cc2c(cc1OC)C[N@+]1([O-])CCc3ccc(OC)c(O)c3[C@@H]1C2. The molecule has 0 saturated carbocycles. The van der Waals surface area contributed by atoms with Gasteiger partial charge in [0.25, 0.3) is 0 Å². The summed E-state index contributed by atoms with van der Waals surface area (Å²) in [6.07, 6.45) is 1.20. The maximum atomic E-state index is 13.6. The van der Waals surface area contributed by atoms with Crippen LogP contribution in [0.1, 0.15) is 28.3 Å². The van der Waals surface area contributed by atoms with E-state index in [9.17, 15) is 10.3 Å².